The van der Waals surface area contributed by atoms with Gasteiger partial charge in [0.1, 0.15) is 0 Å². The minimum Gasteiger partial charge on any atom is -0.480 e. The topological polar surface area (TPSA) is 43.8 Å². The predicted molar refractivity (Wildman–Crippen MR) is 77.2 cm³/mol. The highest BCUT2D eigenvalue weighted by molar-refractivity contribution is 5.69. The molecule has 0 heterocycles. The standard InChI is InChI=1S/C15H24N2O2/c1-4-14(13-8-6-5-7-9-13)17(12-15(18)19)11-10-16(2)3/h5-9,14H,4,10-12H2,1-3H3,(H,18,19). The van der Waals surface area contributed by atoms with Gasteiger partial charge in [-0.3, -0.25) is 9.69 Å². The molecule has 0 amide bonds. The summed E-state index contributed by atoms with van der Waals surface area (Å²) in [6.07, 6.45) is 0.907. The maximum atomic E-state index is 11.1. The Morgan fingerprint density at radius 1 is 1.21 bits per heavy atom. The summed E-state index contributed by atoms with van der Waals surface area (Å²) in [4.78, 5) is 15.2. The number of carboxylic acids is 1. The lowest BCUT2D eigenvalue weighted by molar-refractivity contribution is -0.139. The second kappa shape index (κ2) is 7.92. The van der Waals surface area contributed by atoms with Gasteiger partial charge in [-0.2, -0.15) is 0 Å². The largest absolute Gasteiger partial charge is 0.480 e. The lowest BCUT2D eigenvalue weighted by atomic mass is 10.0. The third kappa shape index (κ3) is 5.41. The number of carbonyl (C=O) groups is 1. The summed E-state index contributed by atoms with van der Waals surface area (Å²) < 4.78 is 0. The molecule has 0 saturated carbocycles. The van der Waals surface area contributed by atoms with E-state index in [0.29, 0.717) is 0 Å². The van der Waals surface area contributed by atoms with Crippen molar-refractivity contribution in [2.45, 2.75) is 19.4 Å². The number of nitrogens with zero attached hydrogens (tertiary/aromatic N) is 2. The molecule has 0 aromatic heterocycles. The number of hydrogen-bond acceptors (Lipinski definition) is 3. The van der Waals surface area contributed by atoms with Crippen molar-refractivity contribution in [3.05, 3.63) is 35.9 Å². The molecule has 106 valence electrons. The molecule has 0 aliphatic carbocycles. The predicted octanol–water partition coefficient (Wildman–Crippen LogP) is 2.09. The summed E-state index contributed by atoms with van der Waals surface area (Å²) in [5.74, 6) is -0.770. The molecule has 4 heteroatoms. The number of benzene rings is 1. The molecule has 1 rings (SSSR count). The molecule has 1 aromatic carbocycles. The van der Waals surface area contributed by atoms with Gasteiger partial charge >= 0.3 is 5.97 Å². The Hall–Kier alpha value is -1.39. The molecule has 1 unspecified atom stereocenters. The van der Waals surface area contributed by atoms with Gasteiger partial charge in [0.25, 0.3) is 0 Å². The van der Waals surface area contributed by atoms with E-state index >= 15 is 0 Å². The van der Waals surface area contributed by atoms with Crippen LogP contribution in [0.5, 0.6) is 0 Å². The first kappa shape index (κ1) is 15.7. The zero-order valence-corrected chi connectivity index (χ0v) is 12.0. The quantitative estimate of drug-likeness (QED) is 0.781. The highest BCUT2D eigenvalue weighted by Crippen LogP contribution is 2.23. The van der Waals surface area contributed by atoms with Gasteiger partial charge in [-0.15, -0.1) is 0 Å². The molecule has 1 N–H and O–H groups in total. The average molecular weight is 264 g/mol. The highest BCUT2D eigenvalue weighted by atomic mass is 16.4. The Morgan fingerprint density at radius 2 is 1.84 bits per heavy atom. The fourth-order valence-corrected chi connectivity index (χ4v) is 2.23. The fourth-order valence-electron chi connectivity index (χ4n) is 2.23. The SMILES string of the molecule is CCC(c1ccccc1)N(CCN(C)C)CC(=O)O. The zero-order valence-electron chi connectivity index (χ0n) is 12.0. The van der Waals surface area contributed by atoms with Crippen LogP contribution in [0.25, 0.3) is 0 Å². The van der Waals surface area contributed by atoms with Gasteiger partial charge in [-0.1, -0.05) is 37.3 Å². The van der Waals surface area contributed by atoms with E-state index in [9.17, 15) is 4.79 Å². The van der Waals surface area contributed by atoms with Crippen molar-refractivity contribution >= 4 is 5.97 Å². The van der Waals surface area contributed by atoms with Crippen molar-refractivity contribution in [1.82, 2.24) is 9.80 Å². The van der Waals surface area contributed by atoms with Gasteiger partial charge in [-0.25, -0.2) is 0 Å². The van der Waals surface area contributed by atoms with Crippen LogP contribution in [0.15, 0.2) is 30.3 Å². The van der Waals surface area contributed by atoms with Gasteiger partial charge in [0.2, 0.25) is 0 Å². The van der Waals surface area contributed by atoms with Crippen LogP contribution in [0.3, 0.4) is 0 Å². The van der Waals surface area contributed by atoms with Crippen LogP contribution in [0.1, 0.15) is 24.9 Å². The van der Waals surface area contributed by atoms with Crippen molar-refractivity contribution in [2.24, 2.45) is 0 Å². The molecule has 0 fully saturated rings. The van der Waals surface area contributed by atoms with Gasteiger partial charge < -0.3 is 10.0 Å². The van der Waals surface area contributed by atoms with E-state index < -0.39 is 5.97 Å². The molecule has 0 saturated heterocycles. The van der Waals surface area contributed by atoms with Crippen molar-refractivity contribution in [3.8, 4) is 0 Å². The summed E-state index contributed by atoms with van der Waals surface area (Å²) in [5, 5.41) is 9.09. The van der Waals surface area contributed by atoms with E-state index in [1.165, 1.54) is 5.56 Å². The zero-order chi connectivity index (χ0) is 14.3. The van der Waals surface area contributed by atoms with Crippen molar-refractivity contribution in [3.63, 3.8) is 0 Å². The van der Waals surface area contributed by atoms with Gasteiger partial charge in [-0.05, 0) is 26.1 Å². The molecule has 0 aliphatic heterocycles. The van der Waals surface area contributed by atoms with Crippen LogP contribution in [-0.2, 0) is 4.79 Å². The van der Waals surface area contributed by atoms with Gasteiger partial charge in [0, 0.05) is 19.1 Å². The maximum Gasteiger partial charge on any atom is 0.317 e. The fraction of sp³-hybridized carbons (Fsp3) is 0.533. The van der Waals surface area contributed by atoms with Gasteiger partial charge in [0.15, 0.2) is 0 Å². The van der Waals surface area contributed by atoms with Crippen molar-refractivity contribution < 1.29 is 9.90 Å². The van der Waals surface area contributed by atoms with Gasteiger partial charge in [0.05, 0.1) is 6.54 Å². The summed E-state index contributed by atoms with van der Waals surface area (Å²) in [7, 11) is 4.00. The number of rotatable bonds is 8. The van der Waals surface area contributed by atoms with E-state index in [1.54, 1.807) is 0 Å². The van der Waals surface area contributed by atoms with Crippen molar-refractivity contribution in [2.75, 3.05) is 33.7 Å². The Morgan fingerprint density at radius 3 is 2.32 bits per heavy atom. The number of carboxylic acid groups (broad SMARTS) is 1. The second-order valence-corrected chi connectivity index (χ2v) is 5.00. The molecular formula is C15H24N2O2. The monoisotopic (exact) mass is 264 g/mol. The van der Waals surface area contributed by atoms with Crippen LogP contribution in [-0.4, -0.2) is 54.6 Å². The minimum absolute atomic E-state index is 0.0846. The summed E-state index contributed by atoms with van der Waals surface area (Å²) in [6, 6.07) is 10.3. The maximum absolute atomic E-state index is 11.1. The van der Waals surface area contributed by atoms with E-state index in [4.69, 9.17) is 5.11 Å². The summed E-state index contributed by atoms with van der Waals surface area (Å²) >= 11 is 0. The van der Waals surface area contributed by atoms with E-state index in [-0.39, 0.29) is 12.6 Å². The summed E-state index contributed by atoms with van der Waals surface area (Å²) in [5.41, 5.74) is 1.19. The first-order valence-corrected chi connectivity index (χ1v) is 6.70. The third-order valence-electron chi connectivity index (χ3n) is 3.18. The van der Waals surface area contributed by atoms with E-state index in [2.05, 4.69) is 24.0 Å². The number of hydrogen-bond donors (Lipinski definition) is 1. The molecule has 0 aliphatic rings. The number of aliphatic carboxylic acids is 1. The van der Waals surface area contributed by atoms with Crippen LogP contribution in [0, 0.1) is 0 Å². The van der Waals surface area contributed by atoms with Crippen molar-refractivity contribution in [1.29, 1.82) is 0 Å². The van der Waals surface area contributed by atoms with E-state index in [1.807, 2.05) is 37.2 Å². The Balaban J connectivity index is 2.83. The van der Waals surface area contributed by atoms with Crippen LogP contribution in [0.2, 0.25) is 0 Å². The Labute approximate surface area is 115 Å². The second-order valence-electron chi connectivity index (χ2n) is 5.00. The number of likely N-dealkylation sites (N-methyl/N-ethyl adjacent to an activating group) is 1. The molecule has 0 bridgehead atoms. The minimum atomic E-state index is -0.770. The molecular weight excluding hydrogens is 240 g/mol. The first-order valence-electron chi connectivity index (χ1n) is 6.70. The van der Waals surface area contributed by atoms with Crippen LogP contribution in [0.4, 0.5) is 0 Å². The van der Waals surface area contributed by atoms with Crippen LogP contribution >= 0.6 is 0 Å². The molecule has 0 radical (unpaired) electrons. The molecule has 0 spiro atoms. The molecule has 1 atom stereocenters. The van der Waals surface area contributed by atoms with E-state index in [0.717, 1.165) is 19.5 Å². The molecule has 4 nitrogen and oxygen atoms in total. The Kier molecular flexibility index (Phi) is 6.53. The molecule has 1 aromatic rings. The lowest BCUT2D eigenvalue weighted by Crippen LogP contribution is -2.38. The third-order valence-corrected chi connectivity index (χ3v) is 3.18. The highest BCUT2D eigenvalue weighted by Gasteiger charge is 2.20. The first-order chi connectivity index (χ1) is 9.04. The average Bonchev–Trinajstić information content (AvgIpc) is 2.37. The normalized spacial score (nSPS) is 12.9. The lowest BCUT2D eigenvalue weighted by Gasteiger charge is -2.31. The smallest absolute Gasteiger partial charge is 0.317 e. The summed E-state index contributed by atoms with van der Waals surface area (Å²) in [6.45, 7) is 3.80. The Bertz CT molecular complexity index is 379. The molecule has 19 heavy (non-hydrogen) atoms. The van der Waals surface area contributed by atoms with Crippen LogP contribution < -0.4 is 0 Å².